The molecule has 26 nitrogen and oxygen atoms in total. The summed E-state index contributed by atoms with van der Waals surface area (Å²) in [6.07, 6.45) is -33.9. The number of fused-ring (bicyclic) bond motifs is 7. The van der Waals surface area contributed by atoms with Gasteiger partial charge < -0.3 is 128 Å². The van der Waals surface area contributed by atoms with Crippen molar-refractivity contribution in [3.8, 4) is 0 Å². The number of ether oxygens (including phenoxy) is 12. The molecule has 0 aromatic heterocycles. The van der Waals surface area contributed by atoms with Gasteiger partial charge in [0.1, 0.15) is 110 Å². The van der Waals surface area contributed by atoms with Crippen LogP contribution in [0.3, 0.4) is 0 Å². The minimum Gasteiger partial charge on any atom is -0.394 e. The van der Waals surface area contributed by atoms with Crippen molar-refractivity contribution >= 4 is 0 Å². The van der Waals surface area contributed by atoms with Crippen LogP contribution in [0, 0.1) is 46.3 Å². The average molecular weight is 1190 g/mol. The zero-order valence-electron chi connectivity index (χ0n) is 48.0. The minimum absolute atomic E-state index is 0.107. The Kier molecular flexibility index (Phi) is 18.7. The molecule has 36 atom stereocenters. The van der Waals surface area contributed by atoms with Crippen molar-refractivity contribution in [2.75, 3.05) is 26.4 Å². The number of rotatable bonds is 13. The van der Waals surface area contributed by atoms with Gasteiger partial charge in [0.25, 0.3) is 0 Å². The molecule has 14 N–H and O–H groups in total. The zero-order valence-corrected chi connectivity index (χ0v) is 48.0. The maximum absolute atomic E-state index is 12.3. The normalized spacial score (nSPS) is 57.3. The molecule has 10 fully saturated rings. The van der Waals surface area contributed by atoms with Crippen LogP contribution in [0.1, 0.15) is 99.3 Å². The summed E-state index contributed by atoms with van der Waals surface area (Å²) < 4.78 is 75.5. The van der Waals surface area contributed by atoms with Crippen LogP contribution >= 0.6 is 0 Å². The van der Waals surface area contributed by atoms with Gasteiger partial charge in [-0.3, -0.25) is 0 Å². The zero-order chi connectivity index (χ0) is 59.5. The van der Waals surface area contributed by atoms with Gasteiger partial charge in [0, 0.05) is 12.3 Å². The van der Waals surface area contributed by atoms with Gasteiger partial charge in [-0.15, -0.1) is 0 Å². The van der Waals surface area contributed by atoms with E-state index in [-0.39, 0.29) is 22.9 Å². The van der Waals surface area contributed by atoms with E-state index < -0.39 is 185 Å². The molecule has 7 heterocycles. The molecule has 0 bridgehead atoms. The lowest BCUT2D eigenvalue weighted by Gasteiger charge is -2.59. The average Bonchev–Trinajstić information content (AvgIpc) is 1.64. The molecule has 1 unspecified atom stereocenters. The van der Waals surface area contributed by atoms with Crippen LogP contribution in [0.25, 0.3) is 0 Å². The molecule has 83 heavy (non-hydrogen) atoms. The van der Waals surface area contributed by atoms with Gasteiger partial charge in [-0.05, 0) is 106 Å². The van der Waals surface area contributed by atoms with Gasteiger partial charge in [0.15, 0.2) is 37.2 Å². The van der Waals surface area contributed by atoms with Crippen LogP contribution in [0.5, 0.6) is 0 Å². The van der Waals surface area contributed by atoms with Crippen LogP contribution in [0.4, 0.5) is 0 Å². The summed E-state index contributed by atoms with van der Waals surface area (Å²) >= 11 is 0. The number of hydrogen-bond acceptors (Lipinski definition) is 26. The predicted octanol–water partition coefficient (Wildman–Crippen LogP) is -3.11. The molecule has 0 radical (unpaired) electrons. The summed E-state index contributed by atoms with van der Waals surface area (Å²) in [6, 6.07) is 0. The van der Waals surface area contributed by atoms with Crippen molar-refractivity contribution in [2.24, 2.45) is 46.3 Å². The van der Waals surface area contributed by atoms with E-state index in [1.807, 2.05) is 0 Å². The van der Waals surface area contributed by atoms with E-state index in [0.717, 1.165) is 51.6 Å². The van der Waals surface area contributed by atoms with E-state index in [4.69, 9.17) is 56.8 Å². The molecular weight excluding hydrogens is 1100 g/mol. The lowest BCUT2D eigenvalue weighted by molar-refractivity contribution is -0.413. The first kappa shape index (κ1) is 63.3. The van der Waals surface area contributed by atoms with Crippen LogP contribution in [-0.4, -0.2) is 269 Å². The van der Waals surface area contributed by atoms with Crippen LogP contribution < -0.4 is 0 Å². The number of hydrogen-bond donors (Lipinski definition) is 14. The first-order valence-electron chi connectivity index (χ1n) is 30.3. The molecule has 1 spiro atoms. The van der Waals surface area contributed by atoms with E-state index >= 15 is 0 Å². The fourth-order valence-electron chi connectivity index (χ4n) is 16.9. The molecule has 7 aliphatic heterocycles. The van der Waals surface area contributed by atoms with Gasteiger partial charge in [-0.2, -0.15) is 0 Å². The third kappa shape index (κ3) is 11.0. The van der Waals surface area contributed by atoms with Crippen LogP contribution in [0.15, 0.2) is 11.6 Å². The molecular formula is C57H92O26. The summed E-state index contributed by atoms with van der Waals surface area (Å²) in [4.78, 5) is 0. The van der Waals surface area contributed by atoms with E-state index in [2.05, 4.69) is 33.8 Å². The number of aliphatic hydroxyl groups excluding tert-OH is 14. The van der Waals surface area contributed by atoms with Crippen molar-refractivity contribution in [3.63, 3.8) is 0 Å². The van der Waals surface area contributed by atoms with E-state index in [1.54, 1.807) is 0 Å². The molecule has 476 valence electrons. The Balaban J connectivity index is 0.868. The SMILES string of the molecule is C[C@@H]1CC[C@@]2(OC1)O[C@@H]1C[C@H]3[C@@H]4CC=C5C[C@@H](O[C@@H]6O[C@H](CO)[C@@H](O)[C@H](O[C@@H]7O[C@H](CO)[C@@H](O[C@@H]8O[C@H](CO)[C@@H](O)[C@H](O)[C@H]8O)[C@H](O)[C@H]7O[C@H]7O[C@H](C)[C@@H](O)[C@H](O)[C@@H]7O)[C@H]6O[C@H]6O[C@H](C)[C@@H](O)[C@H](O)[C@@H]6O)CC[C@]5(C)[C@H]4CC[C@]3(C)C1[C@@H]2C. The maximum atomic E-state index is 12.3. The van der Waals surface area contributed by atoms with Crippen molar-refractivity contribution in [3.05, 3.63) is 11.6 Å². The Morgan fingerprint density at radius 3 is 1.66 bits per heavy atom. The van der Waals surface area contributed by atoms with Crippen molar-refractivity contribution < 1.29 is 128 Å². The van der Waals surface area contributed by atoms with E-state index in [1.165, 1.54) is 19.4 Å². The fourth-order valence-corrected chi connectivity index (χ4v) is 16.9. The molecule has 0 amide bonds. The number of allylic oxidation sites excluding steroid dienone is 1. The second kappa shape index (κ2) is 24.5. The quantitative estimate of drug-likeness (QED) is 0.0812. The van der Waals surface area contributed by atoms with Crippen LogP contribution in [0.2, 0.25) is 0 Å². The Morgan fingerprint density at radius 2 is 1.05 bits per heavy atom. The van der Waals surface area contributed by atoms with E-state index in [9.17, 15) is 71.5 Å². The molecule has 0 aromatic rings. The van der Waals surface area contributed by atoms with Crippen molar-refractivity contribution in [1.82, 2.24) is 0 Å². The number of aliphatic hydroxyl groups is 14. The molecule has 7 saturated heterocycles. The second-order valence-electron chi connectivity index (χ2n) is 26.7. The van der Waals surface area contributed by atoms with Gasteiger partial charge in [-0.25, -0.2) is 0 Å². The molecule has 11 rings (SSSR count). The summed E-state index contributed by atoms with van der Waals surface area (Å²) in [6.45, 7) is 10.3. The topological polar surface area (TPSA) is 394 Å². The smallest absolute Gasteiger partial charge is 0.187 e. The Bertz CT molecular complexity index is 2230. The van der Waals surface area contributed by atoms with Gasteiger partial charge >= 0.3 is 0 Å². The molecule has 4 aliphatic carbocycles. The van der Waals surface area contributed by atoms with Gasteiger partial charge in [0.2, 0.25) is 0 Å². The first-order chi connectivity index (χ1) is 39.4. The molecule has 3 saturated carbocycles. The highest BCUT2D eigenvalue weighted by Gasteiger charge is 2.69. The van der Waals surface area contributed by atoms with Gasteiger partial charge in [0.05, 0.1) is 50.8 Å². The van der Waals surface area contributed by atoms with Gasteiger partial charge in [-0.1, -0.05) is 39.3 Å². The highest BCUT2D eigenvalue weighted by Crippen LogP contribution is 2.71. The summed E-state index contributed by atoms with van der Waals surface area (Å²) in [5.74, 6) is 2.05. The summed E-state index contributed by atoms with van der Waals surface area (Å²) in [7, 11) is 0. The Hall–Kier alpha value is -1.30. The van der Waals surface area contributed by atoms with Crippen molar-refractivity contribution in [1.29, 1.82) is 0 Å². The summed E-state index contributed by atoms with van der Waals surface area (Å²) in [5, 5.41) is 154. The highest BCUT2D eigenvalue weighted by atomic mass is 16.8. The molecule has 26 heteroatoms. The molecule has 0 aromatic carbocycles. The lowest BCUT2D eigenvalue weighted by atomic mass is 9.47. The monoisotopic (exact) mass is 1190 g/mol. The molecule has 11 aliphatic rings. The fraction of sp³-hybridized carbons (Fsp3) is 0.965. The van der Waals surface area contributed by atoms with Crippen LogP contribution in [-0.2, 0) is 56.8 Å². The van der Waals surface area contributed by atoms with E-state index in [0.29, 0.717) is 42.4 Å². The predicted molar refractivity (Wildman–Crippen MR) is 278 cm³/mol. The highest BCUT2D eigenvalue weighted by molar-refractivity contribution is 5.26. The summed E-state index contributed by atoms with van der Waals surface area (Å²) in [5.41, 5.74) is 1.18. The largest absolute Gasteiger partial charge is 0.394 e. The lowest BCUT2D eigenvalue weighted by Crippen LogP contribution is -2.69. The third-order valence-corrected chi connectivity index (χ3v) is 21.9. The maximum Gasteiger partial charge on any atom is 0.187 e. The third-order valence-electron chi connectivity index (χ3n) is 21.9. The second-order valence-corrected chi connectivity index (χ2v) is 26.7. The Morgan fingerprint density at radius 1 is 0.506 bits per heavy atom. The minimum atomic E-state index is -2.10. The van der Waals surface area contributed by atoms with Crippen molar-refractivity contribution in [2.45, 2.75) is 271 Å². The standard InChI is InChI=1S/C57H92O26/c1-21-9-14-57(72-20-21)22(2)34-30(83-57)16-29-27-8-7-25-15-26(10-12-55(25,5)28(27)11-13-56(29,34)6)75-54-49(82-51-43(69)40(66)36(62)24(4)74-51)47(38(64)32(18-59)77-54)80-53-48(81-50-42(68)39(65)35(61)23(3)73-50)45(71)46(33(19-60)78-53)79-52-44(70)41(67)37(63)31(17-58)76-52/h7,21-24,26-54,58-71H,8-20H2,1-6H3/t21-,22+,23-,24-,26+,27-,28+,29+,30-,31-,32-,33-,34?,35-,36-,37-,38-,39+,40+,41+,42+,43+,44-,45+,46-,47+,48-,49-,50-,51-,52+,53+,54-,55+,56+,57-/m1/s1. The Labute approximate surface area is 482 Å². The first-order valence-corrected chi connectivity index (χ1v) is 30.3.